The van der Waals surface area contributed by atoms with Crippen molar-refractivity contribution in [3.8, 4) is 0 Å². The van der Waals surface area contributed by atoms with Gasteiger partial charge in [-0.15, -0.1) is 0 Å². The molecule has 0 heterocycles. The van der Waals surface area contributed by atoms with Crippen molar-refractivity contribution in [2.24, 2.45) is 5.92 Å². The molecule has 0 saturated carbocycles. The minimum Gasteiger partial charge on any atom is -0.219 e. The van der Waals surface area contributed by atoms with Crippen LogP contribution in [0.1, 0.15) is 26.7 Å². The third-order valence-corrected chi connectivity index (χ3v) is 5.25. The van der Waals surface area contributed by atoms with E-state index in [0.29, 0.717) is 22.1 Å². The van der Waals surface area contributed by atoms with Crippen molar-refractivity contribution in [1.82, 2.24) is 0 Å². The number of halogens is 1. The van der Waals surface area contributed by atoms with Gasteiger partial charge in [0.2, 0.25) is 9.84 Å². The summed E-state index contributed by atoms with van der Waals surface area (Å²) in [4.78, 5) is 2.32. The maximum atomic E-state index is 12.3. The molecule has 0 fully saturated rings. The van der Waals surface area contributed by atoms with E-state index in [9.17, 15) is 8.42 Å². The molecule has 0 aliphatic heterocycles. The number of benzene rings is 1. The van der Waals surface area contributed by atoms with E-state index >= 15 is 0 Å². The number of hydrogen-bond acceptors (Lipinski definition) is 2. The van der Waals surface area contributed by atoms with Crippen molar-refractivity contribution in [3.63, 3.8) is 0 Å². The first-order chi connectivity index (χ1) is 7.98. The van der Waals surface area contributed by atoms with Crippen LogP contribution in [0.5, 0.6) is 0 Å². The van der Waals surface area contributed by atoms with E-state index in [1.807, 2.05) is 6.07 Å². The molecule has 0 bridgehead atoms. The molecular weight excluding hydrogens is 300 g/mol. The van der Waals surface area contributed by atoms with Crippen LogP contribution >= 0.6 is 15.9 Å². The Kier molecular flexibility index (Phi) is 5.40. The van der Waals surface area contributed by atoms with Gasteiger partial charge in [0.05, 0.1) is 9.80 Å². The average Bonchev–Trinajstić information content (AvgIpc) is 2.30. The third-order valence-electron chi connectivity index (χ3n) is 2.49. The van der Waals surface area contributed by atoms with Crippen molar-refractivity contribution in [2.75, 3.05) is 0 Å². The predicted molar refractivity (Wildman–Crippen MR) is 74.7 cm³/mol. The zero-order valence-electron chi connectivity index (χ0n) is 10.1. The Morgan fingerprint density at radius 2 is 1.88 bits per heavy atom. The molecule has 2 nitrogen and oxygen atoms in total. The summed E-state index contributed by atoms with van der Waals surface area (Å²) >= 11 is 3.16. The van der Waals surface area contributed by atoms with Crippen LogP contribution in [0.25, 0.3) is 0 Å². The highest BCUT2D eigenvalue weighted by Gasteiger charge is 2.19. The van der Waals surface area contributed by atoms with Gasteiger partial charge in [0.1, 0.15) is 0 Å². The first-order valence-corrected chi connectivity index (χ1v) is 7.97. The van der Waals surface area contributed by atoms with E-state index in [4.69, 9.17) is 0 Å². The Balaban J connectivity index is 2.97. The lowest BCUT2D eigenvalue weighted by Crippen LogP contribution is -2.05. The van der Waals surface area contributed by atoms with E-state index in [2.05, 4.69) is 29.8 Å². The molecule has 17 heavy (non-hydrogen) atoms. The average molecular weight is 317 g/mol. The van der Waals surface area contributed by atoms with E-state index < -0.39 is 9.84 Å². The molecule has 94 valence electrons. The summed E-state index contributed by atoms with van der Waals surface area (Å²) < 4.78 is 24.6. The zero-order chi connectivity index (χ0) is 12.9. The summed E-state index contributed by atoms with van der Waals surface area (Å²) in [6.45, 7) is 4.17. The topological polar surface area (TPSA) is 34.1 Å². The second-order valence-electron chi connectivity index (χ2n) is 4.32. The van der Waals surface area contributed by atoms with E-state index in [1.54, 1.807) is 24.3 Å². The summed E-state index contributed by atoms with van der Waals surface area (Å²) in [6, 6.07) is 8.54. The Labute approximate surface area is 112 Å². The third kappa shape index (κ3) is 3.96. The number of rotatable bonds is 5. The highest BCUT2D eigenvalue weighted by Crippen LogP contribution is 2.25. The van der Waals surface area contributed by atoms with Gasteiger partial charge in [0.15, 0.2) is 0 Å². The lowest BCUT2D eigenvalue weighted by atomic mass is 10.1. The lowest BCUT2D eigenvalue weighted by Gasteiger charge is -2.09. The highest BCUT2D eigenvalue weighted by atomic mass is 79.9. The SMILES string of the molecule is CC(C)CC/C(=C/Br)S(=O)(=O)c1ccccc1. The lowest BCUT2D eigenvalue weighted by molar-refractivity contribution is 0.577. The summed E-state index contributed by atoms with van der Waals surface area (Å²) in [7, 11) is -3.33. The molecule has 0 spiro atoms. The first kappa shape index (κ1) is 14.5. The molecule has 0 radical (unpaired) electrons. The van der Waals surface area contributed by atoms with Crippen molar-refractivity contribution in [3.05, 3.63) is 40.2 Å². The van der Waals surface area contributed by atoms with Gasteiger partial charge in [0.25, 0.3) is 0 Å². The fourth-order valence-electron chi connectivity index (χ4n) is 1.43. The smallest absolute Gasteiger partial charge is 0.203 e. The van der Waals surface area contributed by atoms with Gasteiger partial charge < -0.3 is 0 Å². The molecule has 0 unspecified atom stereocenters. The number of allylic oxidation sites excluding steroid dienone is 1. The Bertz CT molecular complexity index is 475. The molecule has 0 amide bonds. The fourth-order valence-corrected chi connectivity index (χ4v) is 3.72. The standard InChI is InChI=1S/C13H17BrO2S/c1-11(2)8-9-13(10-14)17(15,16)12-6-4-3-5-7-12/h3-7,10-11H,8-9H2,1-2H3/b13-10-. The van der Waals surface area contributed by atoms with Gasteiger partial charge in [-0.25, -0.2) is 8.42 Å². The normalized spacial score (nSPS) is 13.1. The van der Waals surface area contributed by atoms with Crippen LogP contribution in [0.4, 0.5) is 0 Å². The van der Waals surface area contributed by atoms with E-state index in [-0.39, 0.29) is 0 Å². The van der Waals surface area contributed by atoms with Crippen LogP contribution in [0.2, 0.25) is 0 Å². The molecule has 0 aromatic heterocycles. The Hall–Kier alpha value is -0.610. The predicted octanol–water partition coefficient (Wildman–Crippen LogP) is 4.13. The molecule has 1 aromatic carbocycles. The minimum atomic E-state index is -3.33. The highest BCUT2D eigenvalue weighted by molar-refractivity contribution is 9.11. The molecular formula is C13H17BrO2S. The van der Waals surface area contributed by atoms with Crippen LogP contribution in [0.3, 0.4) is 0 Å². The van der Waals surface area contributed by atoms with Crippen LogP contribution in [0.15, 0.2) is 45.1 Å². The second kappa shape index (κ2) is 6.36. The van der Waals surface area contributed by atoms with Crippen LogP contribution < -0.4 is 0 Å². The number of hydrogen-bond donors (Lipinski definition) is 0. The summed E-state index contributed by atoms with van der Waals surface area (Å²) in [5.74, 6) is 0.489. The van der Waals surface area contributed by atoms with E-state index in [0.717, 1.165) is 6.42 Å². The molecule has 0 atom stereocenters. The molecule has 0 N–H and O–H groups in total. The van der Waals surface area contributed by atoms with Crippen molar-refractivity contribution in [2.45, 2.75) is 31.6 Å². The molecule has 1 rings (SSSR count). The molecule has 0 aliphatic carbocycles. The van der Waals surface area contributed by atoms with Crippen molar-refractivity contribution in [1.29, 1.82) is 0 Å². The number of sulfone groups is 1. The Morgan fingerprint density at radius 3 is 2.35 bits per heavy atom. The maximum Gasteiger partial charge on any atom is 0.203 e. The van der Waals surface area contributed by atoms with Crippen LogP contribution in [-0.2, 0) is 9.84 Å². The molecule has 0 saturated heterocycles. The van der Waals surface area contributed by atoms with Gasteiger partial charge in [0, 0.05) is 0 Å². The molecule has 0 aliphatic rings. The second-order valence-corrected chi connectivity index (χ2v) is 6.78. The fraction of sp³-hybridized carbons (Fsp3) is 0.385. The largest absolute Gasteiger partial charge is 0.219 e. The van der Waals surface area contributed by atoms with Gasteiger partial charge in [-0.2, -0.15) is 0 Å². The van der Waals surface area contributed by atoms with Gasteiger partial charge in [-0.05, 0) is 35.9 Å². The van der Waals surface area contributed by atoms with Crippen LogP contribution in [0, 0.1) is 5.92 Å². The van der Waals surface area contributed by atoms with Gasteiger partial charge >= 0.3 is 0 Å². The van der Waals surface area contributed by atoms with Gasteiger partial charge in [-0.3, -0.25) is 0 Å². The quantitative estimate of drug-likeness (QED) is 0.818. The maximum absolute atomic E-state index is 12.3. The summed E-state index contributed by atoms with van der Waals surface area (Å²) in [6.07, 6.45) is 1.43. The monoisotopic (exact) mass is 316 g/mol. The minimum absolute atomic E-state index is 0.356. The molecule has 4 heteroatoms. The summed E-state index contributed by atoms with van der Waals surface area (Å²) in [5.41, 5.74) is 0. The van der Waals surface area contributed by atoms with E-state index in [1.165, 1.54) is 4.99 Å². The molecule has 1 aromatic rings. The van der Waals surface area contributed by atoms with Crippen molar-refractivity contribution < 1.29 is 8.42 Å². The zero-order valence-corrected chi connectivity index (χ0v) is 12.5. The Morgan fingerprint density at radius 1 is 1.29 bits per heavy atom. The first-order valence-electron chi connectivity index (χ1n) is 5.58. The van der Waals surface area contributed by atoms with Crippen molar-refractivity contribution >= 4 is 25.8 Å². The van der Waals surface area contributed by atoms with Gasteiger partial charge in [-0.1, -0.05) is 48.0 Å². The summed E-state index contributed by atoms with van der Waals surface area (Å²) in [5, 5.41) is 0. The van der Waals surface area contributed by atoms with Crippen LogP contribution in [-0.4, -0.2) is 8.42 Å².